The zero-order chi connectivity index (χ0) is 16.4. The van der Waals surface area contributed by atoms with Gasteiger partial charge < -0.3 is 10.6 Å². The summed E-state index contributed by atoms with van der Waals surface area (Å²) in [6.07, 6.45) is 5.86. The van der Waals surface area contributed by atoms with Crippen LogP contribution in [0.2, 0.25) is 0 Å². The Kier molecular flexibility index (Phi) is 4.19. The number of hydrogen-bond donors (Lipinski definition) is 2. The second-order valence-electron chi connectivity index (χ2n) is 6.17. The van der Waals surface area contributed by atoms with Gasteiger partial charge in [0.1, 0.15) is 0 Å². The van der Waals surface area contributed by atoms with Crippen molar-refractivity contribution in [3.8, 4) is 0 Å². The molecule has 5 heteroatoms. The highest BCUT2D eigenvalue weighted by molar-refractivity contribution is 5.79. The molecule has 0 amide bonds. The van der Waals surface area contributed by atoms with Gasteiger partial charge in [-0.15, -0.1) is 0 Å². The van der Waals surface area contributed by atoms with Gasteiger partial charge in [-0.3, -0.25) is 9.67 Å². The molecule has 2 aromatic heterocycles. The predicted octanol–water partition coefficient (Wildman–Crippen LogP) is 3.96. The fraction of sp³-hybridized carbons (Fsp3) is 0.333. The molecule has 0 bridgehead atoms. The molecule has 5 nitrogen and oxygen atoms in total. The fourth-order valence-corrected chi connectivity index (χ4v) is 2.68. The zero-order valence-corrected chi connectivity index (χ0v) is 14.0. The van der Waals surface area contributed by atoms with E-state index in [1.807, 2.05) is 30.2 Å². The Morgan fingerprint density at radius 1 is 1.09 bits per heavy atom. The van der Waals surface area contributed by atoms with Gasteiger partial charge in [-0.1, -0.05) is 19.9 Å². The number of nitrogens with one attached hydrogen (secondary N) is 2. The maximum absolute atomic E-state index is 4.21. The van der Waals surface area contributed by atoms with Crippen molar-refractivity contribution in [3.05, 3.63) is 48.4 Å². The van der Waals surface area contributed by atoms with Crippen LogP contribution >= 0.6 is 0 Å². The van der Waals surface area contributed by atoms with E-state index >= 15 is 0 Å². The third-order valence-corrected chi connectivity index (χ3v) is 4.00. The first-order chi connectivity index (χ1) is 11.0. The summed E-state index contributed by atoms with van der Waals surface area (Å²) in [5.74, 6) is 0.588. The smallest absolute Gasteiger partial charge is 0.0936 e. The van der Waals surface area contributed by atoms with Crippen LogP contribution in [-0.4, -0.2) is 20.9 Å². The average Bonchev–Trinajstić information content (AvgIpc) is 3.09. The Morgan fingerprint density at radius 3 is 2.61 bits per heavy atom. The molecule has 1 atom stereocenters. The van der Waals surface area contributed by atoms with E-state index < -0.39 is 0 Å². The standard InChI is InChI=1S/C11H14N2.C7H9N3/c1-8(2)9-4-5-11-10(6-9)7-12-13(11)3;1-5-9-6-2-3-8-4-7(6)10-5/h4-8H,1-3H3;2-5,9-10H,1H3. The van der Waals surface area contributed by atoms with Crippen molar-refractivity contribution in [2.75, 3.05) is 10.6 Å². The molecule has 0 fully saturated rings. The molecule has 1 aliphatic rings. The summed E-state index contributed by atoms with van der Waals surface area (Å²) in [5, 5.41) is 11.9. The van der Waals surface area contributed by atoms with Gasteiger partial charge in [-0.25, -0.2) is 0 Å². The topological polar surface area (TPSA) is 54.8 Å². The first kappa shape index (κ1) is 15.3. The molecule has 0 saturated carbocycles. The van der Waals surface area contributed by atoms with Gasteiger partial charge in [0.2, 0.25) is 0 Å². The summed E-state index contributed by atoms with van der Waals surface area (Å²) in [4.78, 5) is 3.99. The average molecular weight is 309 g/mol. The van der Waals surface area contributed by atoms with E-state index in [9.17, 15) is 0 Å². The van der Waals surface area contributed by atoms with Crippen molar-refractivity contribution < 1.29 is 0 Å². The van der Waals surface area contributed by atoms with E-state index in [2.05, 4.69) is 59.7 Å². The second kappa shape index (κ2) is 6.28. The monoisotopic (exact) mass is 309 g/mol. The van der Waals surface area contributed by atoms with E-state index in [0.29, 0.717) is 12.1 Å². The molecule has 1 aromatic carbocycles. The minimum absolute atomic E-state index is 0.333. The highest BCUT2D eigenvalue weighted by Crippen LogP contribution is 2.26. The van der Waals surface area contributed by atoms with Crippen molar-refractivity contribution in [1.29, 1.82) is 0 Å². The predicted molar refractivity (Wildman–Crippen MR) is 95.7 cm³/mol. The fourth-order valence-electron chi connectivity index (χ4n) is 2.68. The van der Waals surface area contributed by atoms with E-state index in [-0.39, 0.29) is 0 Å². The molecule has 0 aliphatic carbocycles. The minimum atomic E-state index is 0.333. The zero-order valence-electron chi connectivity index (χ0n) is 14.0. The maximum Gasteiger partial charge on any atom is 0.0936 e. The quantitative estimate of drug-likeness (QED) is 0.714. The van der Waals surface area contributed by atoms with Crippen molar-refractivity contribution in [3.63, 3.8) is 0 Å². The van der Waals surface area contributed by atoms with E-state index in [1.165, 1.54) is 16.5 Å². The summed E-state index contributed by atoms with van der Waals surface area (Å²) in [6.45, 7) is 6.48. The van der Waals surface area contributed by atoms with Crippen LogP contribution in [0.3, 0.4) is 0 Å². The number of rotatable bonds is 1. The molecule has 4 rings (SSSR count). The Labute approximate surface area is 136 Å². The Hall–Kier alpha value is -2.56. The number of aromatic nitrogens is 3. The molecule has 0 saturated heterocycles. The number of benzene rings is 1. The normalized spacial score (nSPS) is 15.6. The molecule has 0 spiro atoms. The van der Waals surface area contributed by atoms with Crippen LogP contribution in [0.5, 0.6) is 0 Å². The number of hydrogen-bond acceptors (Lipinski definition) is 4. The number of anilines is 2. The van der Waals surface area contributed by atoms with Gasteiger partial charge in [-0.05, 0) is 36.6 Å². The summed E-state index contributed by atoms with van der Waals surface area (Å²) in [5.41, 5.74) is 4.81. The van der Waals surface area contributed by atoms with Crippen LogP contribution in [0.25, 0.3) is 10.9 Å². The van der Waals surface area contributed by atoms with Gasteiger partial charge >= 0.3 is 0 Å². The molecule has 2 N–H and O–H groups in total. The van der Waals surface area contributed by atoms with Crippen LogP contribution in [-0.2, 0) is 7.05 Å². The maximum atomic E-state index is 4.21. The summed E-state index contributed by atoms with van der Waals surface area (Å²) in [7, 11) is 1.97. The van der Waals surface area contributed by atoms with Crippen molar-refractivity contribution >= 4 is 22.3 Å². The minimum Gasteiger partial charge on any atom is -0.364 e. The lowest BCUT2D eigenvalue weighted by atomic mass is 10.0. The molecule has 3 heterocycles. The molecule has 3 aromatic rings. The van der Waals surface area contributed by atoms with E-state index in [0.717, 1.165) is 11.4 Å². The number of pyridine rings is 1. The van der Waals surface area contributed by atoms with Gasteiger partial charge in [0, 0.05) is 18.6 Å². The lowest BCUT2D eigenvalue weighted by molar-refractivity contribution is 0.796. The first-order valence-electron chi connectivity index (χ1n) is 7.93. The van der Waals surface area contributed by atoms with Crippen LogP contribution in [0.1, 0.15) is 32.3 Å². The number of aryl methyl sites for hydroxylation is 1. The number of fused-ring (bicyclic) bond motifs is 2. The molecular formula is C18H23N5. The van der Waals surface area contributed by atoms with Gasteiger partial charge in [-0.2, -0.15) is 5.10 Å². The third-order valence-electron chi connectivity index (χ3n) is 4.00. The first-order valence-corrected chi connectivity index (χ1v) is 7.93. The van der Waals surface area contributed by atoms with E-state index in [1.54, 1.807) is 6.20 Å². The number of nitrogens with zero attached hydrogens (tertiary/aromatic N) is 3. The Balaban J connectivity index is 0.000000140. The SMILES string of the molecule is CC(C)c1ccc2c(cnn2C)c1.CC1Nc2ccncc2N1. The highest BCUT2D eigenvalue weighted by Gasteiger charge is 2.13. The van der Waals surface area contributed by atoms with Crippen LogP contribution in [0.15, 0.2) is 42.9 Å². The molecule has 120 valence electrons. The molecule has 1 unspecified atom stereocenters. The van der Waals surface area contributed by atoms with Crippen molar-refractivity contribution in [2.24, 2.45) is 7.05 Å². The lowest BCUT2D eigenvalue weighted by Crippen LogP contribution is -2.16. The highest BCUT2D eigenvalue weighted by atomic mass is 15.2. The molecule has 23 heavy (non-hydrogen) atoms. The lowest BCUT2D eigenvalue weighted by Gasteiger charge is -2.04. The molecule has 1 aliphatic heterocycles. The summed E-state index contributed by atoms with van der Waals surface area (Å²) < 4.78 is 1.90. The molecule has 0 radical (unpaired) electrons. The van der Waals surface area contributed by atoms with Crippen molar-refractivity contribution in [2.45, 2.75) is 32.9 Å². The summed E-state index contributed by atoms with van der Waals surface area (Å²) >= 11 is 0. The second-order valence-corrected chi connectivity index (χ2v) is 6.17. The van der Waals surface area contributed by atoms with Gasteiger partial charge in [0.05, 0.1) is 35.5 Å². The Morgan fingerprint density at radius 2 is 1.87 bits per heavy atom. The van der Waals surface area contributed by atoms with Gasteiger partial charge in [0.15, 0.2) is 0 Å². The Bertz CT molecular complexity index is 781. The van der Waals surface area contributed by atoms with Gasteiger partial charge in [0.25, 0.3) is 0 Å². The largest absolute Gasteiger partial charge is 0.364 e. The summed E-state index contributed by atoms with van der Waals surface area (Å²) in [6, 6.07) is 8.49. The van der Waals surface area contributed by atoms with Crippen LogP contribution in [0.4, 0.5) is 11.4 Å². The third kappa shape index (κ3) is 3.28. The van der Waals surface area contributed by atoms with Crippen molar-refractivity contribution in [1.82, 2.24) is 14.8 Å². The van der Waals surface area contributed by atoms with E-state index in [4.69, 9.17) is 0 Å². The van der Waals surface area contributed by atoms with Crippen LogP contribution in [0, 0.1) is 0 Å². The molecular weight excluding hydrogens is 286 g/mol. The van der Waals surface area contributed by atoms with Crippen LogP contribution < -0.4 is 10.6 Å².